The van der Waals surface area contributed by atoms with Crippen molar-refractivity contribution in [2.24, 2.45) is 0 Å². The molecule has 0 fully saturated rings. The average molecular weight is 134 g/mol. The fourth-order valence-corrected chi connectivity index (χ4v) is 0.944. The summed E-state index contributed by atoms with van der Waals surface area (Å²) < 4.78 is 0. The fourth-order valence-electron chi connectivity index (χ4n) is 0.944. The summed E-state index contributed by atoms with van der Waals surface area (Å²) in [6.07, 6.45) is 1.63. The van der Waals surface area contributed by atoms with Crippen molar-refractivity contribution >= 4 is 0 Å². The minimum Gasteiger partial charge on any atom is -0.480 e. The van der Waals surface area contributed by atoms with Gasteiger partial charge in [0.15, 0.2) is 0 Å². The summed E-state index contributed by atoms with van der Waals surface area (Å²) in [5, 5.41) is 8.88. The summed E-state index contributed by atoms with van der Waals surface area (Å²) in [6.45, 7) is 0. The van der Waals surface area contributed by atoms with Gasteiger partial charge in [-0.3, -0.25) is 0 Å². The zero-order chi connectivity index (χ0) is 6.97. The van der Waals surface area contributed by atoms with Crippen LogP contribution in [0.3, 0.4) is 0 Å². The first kappa shape index (κ1) is 5.29. The molecule has 50 valence electrons. The van der Waals surface area contributed by atoms with Crippen molar-refractivity contribution in [1.29, 1.82) is 0 Å². The molecule has 1 aliphatic carbocycles. The van der Waals surface area contributed by atoms with Crippen LogP contribution in [0, 0.1) is 0 Å². The van der Waals surface area contributed by atoms with Crippen LogP contribution in [0.4, 0.5) is 0 Å². The SMILES string of the molecule is Oc1ncc2cccc-2[nH]1. The molecule has 0 aromatic carbocycles. The number of H-pyrrole nitrogens is 1. The summed E-state index contributed by atoms with van der Waals surface area (Å²) in [5.41, 5.74) is 1.92. The van der Waals surface area contributed by atoms with Crippen molar-refractivity contribution in [3.63, 3.8) is 0 Å². The Labute approximate surface area is 57.7 Å². The molecule has 0 saturated heterocycles. The van der Waals surface area contributed by atoms with Gasteiger partial charge in [0.25, 0.3) is 6.01 Å². The Hall–Kier alpha value is -1.51. The summed E-state index contributed by atoms with van der Waals surface area (Å²) in [4.78, 5) is 6.39. The van der Waals surface area contributed by atoms with Gasteiger partial charge in [0.2, 0.25) is 0 Å². The van der Waals surface area contributed by atoms with E-state index in [1.54, 1.807) is 6.20 Å². The lowest BCUT2D eigenvalue weighted by atomic mass is 10.3. The van der Waals surface area contributed by atoms with Crippen LogP contribution in [0.5, 0.6) is 6.01 Å². The zero-order valence-corrected chi connectivity index (χ0v) is 5.20. The molecule has 0 unspecified atom stereocenters. The summed E-state index contributed by atoms with van der Waals surface area (Å²) in [5.74, 6) is 0. The molecule has 2 rings (SSSR count). The Kier molecular flexibility index (Phi) is 0.917. The number of hydrogen-bond donors (Lipinski definition) is 2. The van der Waals surface area contributed by atoms with Crippen LogP contribution in [0.1, 0.15) is 0 Å². The molecule has 2 N–H and O–H groups in total. The van der Waals surface area contributed by atoms with E-state index in [-0.39, 0.29) is 6.01 Å². The summed E-state index contributed by atoms with van der Waals surface area (Å²) in [6, 6.07) is 5.68. The number of fused-ring (bicyclic) bond motifs is 1. The van der Waals surface area contributed by atoms with E-state index < -0.39 is 0 Å². The monoisotopic (exact) mass is 134 g/mol. The second-order valence-corrected chi connectivity index (χ2v) is 2.10. The van der Waals surface area contributed by atoms with E-state index in [0.29, 0.717) is 0 Å². The lowest BCUT2D eigenvalue weighted by molar-refractivity contribution is 0.431. The number of rotatable bonds is 0. The van der Waals surface area contributed by atoms with E-state index in [1.807, 2.05) is 18.2 Å². The van der Waals surface area contributed by atoms with Crippen LogP contribution in [0.2, 0.25) is 0 Å². The lowest BCUT2D eigenvalue weighted by Crippen LogP contribution is -1.83. The van der Waals surface area contributed by atoms with Crippen LogP contribution in [0.25, 0.3) is 11.3 Å². The number of nitrogens with one attached hydrogen (secondary N) is 1. The maximum atomic E-state index is 8.88. The van der Waals surface area contributed by atoms with Gasteiger partial charge >= 0.3 is 0 Å². The largest absolute Gasteiger partial charge is 0.480 e. The van der Waals surface area contributed by atoms with Crippen LogP contribution in [-0.2, 0) is 0 Å². The maximum absolute atomic E-state index is 8.88. The topological polar surface area (TPSA) is 48.9 Å². The molecule has 0 atom stereocenters. The van der Waals surface area contributed by atoms with E-state index >= 15 is 0 Å². The Morgan fingerprint density at radius 1 is 1.40 bits per heavy atom. The number of nitrogens with zero attached hydrogens (tertiary/aromatic N) is 1. The molecular formula is C7H6N2O. The Morgan fingerprint density at radius 3 is 3.20 bits per heavy atom. The van der Waals surface area contributed by atoms with E-state index in [0.717, 1.165) is 11.3 Å². The minimum atomic E-state index is -0.0429. The van der Waals surface area contributed by atoms with Crippen molar-refractivity contribution in [2.45, 2.75) is 0 Å². The van der Waals surface area contributed by atoms with E-state index in [2.05, 4.69) is 9.97 Å². The van der Waals surface area contributed by atoms with Crippen LogP contribution in [-0.4, -0.2) is 15.1 Å². The van der Waals surface area contributed by atoms with Gasteiger partial charge in [-0.1, -0.05) is 12.1 Å². The predicted octanol–water partition coefficient (Wildman–Crippen LogP) is 1.22. The molecule has 1 heterocycles. The smallest absolute Gasteiger partial charge is 0.291 e. The minimum absolute atomic E-state index is 0.0429. The number of hydrogen-bond acceptors (Lipinski definition) is 2. The number of aromatic hydroxyl groups is 1. The van der Waals surface area contributed by atoms with Crippen molar-refractivity contribution in [3.05, 3.63) is 24.4 Å². The van der Waals surface area contributed by atoms with Gasteiger partial charge < -0.3 is 10.1 Å². The first-order valence-corrected chi connectivity index (χ1v) is 2.99. The Morgan fingerprint density at radius 2 is 2.30 bits per heavy atom. The average Bonchev–Trinajstić information content (AvgIpc) is 2.33. The fraction of sp³-hybridized carbons (Fsp3) is 0. The maximum Gasteiger partial charge on any atom is 0.291 e. The second kappa shape index (κ2) is 1.73. The Bertz CT molecular complexity index is 315. The molecule has 10 heavy (non-hydrogen) atoms. The summed E-state index contributed by atoms with van der Waals surface area (Å²) in [7, 11) is 0. The van der Waals surface area contributed by atoms with Crippen LogP contribution >= 0.6 is 0 Å². The number of aromatic amines is 1. The summed E-state index contributed by atoms with van der Waals surface area (Å²) >= 11 is 0. The lowest BCUT2D eigenvalue weighted by Gasteiger charge is -1.96. The normalized spacial score (nSPS) is 10.4. The third-order valence-electron chi connectivity index (χ3n) is 1.42. The molecule has 0 saturated carbocycles. The van der Waals surface area contributed by atoms with Crippen LogP contribution in [0.15, 0.2) is 24.4 Å². The van der Waals surface area contributed by atoms with Gasteiger partial charge in [-0.2, -0.15) is 0 Å². The molecule has 0 amide bonds. The molecule has 0 aromatic rings. The van der Waals surface area contributed by atoms with Crippen molar-refractivity contribution in [1.82, 2.24) is 9.97 Å². The zero-order valence-electron chi connectivity index (χ0n) is 5.20. The highest BCUT2D eigenvalue weighted by Crippen LogP contribution is 2.19. The van der Waals surface area contributed by atoms with Crippen molar-refractivity contribution in [2.75, 3.05) is 0 Å². The van der Waals surface area contributed by atoms with Gasteiger partial charge in [-0.25, -0.2) is 4.98 Å². The molecule has 1 aliphatic heterocycles. The van der Waals surface area contributed by atoms with Gasteiger partial charge in [-0.05, 0) is 6.07 Å². The standard InChI is InChI=1S/C7H6N2O/c10-7-8-4-5-2-1-3-6(5)9-7/h1-4H,(H2,8,9,10). The third kappa shape index (κ3) is 0.639. The van der Waals surface area contributed by atoms with Gasteiger partial charge in [0.05, 0.1) is 5.69 Å². The van der Waals surface area contributed by atoms with Gasteiger partial charge in [-0.15, -0.1) is 0 Å². The third-order valence-corrected chi connectivity index (χ3v) is 1.42. The molecule has 3 nitrogen and oxygen atoms in total. The second-order valence-electron chi connectivity index (χ2n) is 2.10. The first-order valence-electron chi connectivity index (χ1n) is 2.99. The van der Waals surface area contributed by atoms with Crippen molar-refractivity contribution in [3.8, 4) is 17.3 Å². The van der Waals surface area contributed by atoms with E-state index in [1.165, 1.54) is 0 Å². The highest BCUT2D eigenvalue weighted by Gasteiger charge is 2.01. The highest BCUT2D eigenvalue weighted by atomic mass is 16.3. The van der Waals surface area contributed by atoms with Crippen molar-refractivity contribution < 1.29 is 5.11 Å². The molecule has 3 heteroatoms. The molecule has 0 bridgehead atoms. The number of aromatic nitrogens is 2. The predicted molar refractivity (Wildman–Crippen MR) is 36.9 cm³/mol. The first-order chi connectivity index (χ1) is 4.86. The van der Waals surface area contributed by atoms with E-state index in [4.69, 9.17) is 5.11 Å². The van der Waals surface area contributed by atoms with Crippen LogP contribution < -0.4 is 0 Å². The van der Waals surface area contributed by atoms with Gasteiger partial charge in [0, 0.05) is 11.8 Å². The van der Waals surface area contributed by atoms with Gasteiger partial charge in [0.1, 0.15) is 0 Å². The Balaban J connectivity index is 2.75. The van der Waals surface area contributed by atoms with E-state index in [9.17, 15) is 0 Å². The molecule has 0 spiro atoms. The molecule has 0 aromatic heterocycles. The highest BCUT2D eigenvalue weighted by molar-refractivity contribution is 5.60. The molecular weight excluding hydrogens is 128 g/mol. The molecule has 0 radical (unpaired) electrons. The quantitative estimate of drug-likeness (QED) is 0.569. The molecule has 2 aliphatic rings.